The van der Waals surface area contributed by atoms with Gasteiger partial charge in [0.1, 0.15) is 16.9 Å². The van der Waals surface area contributed by atoms with E-state index in [0.29, 0.717) is 47.3 Å². The Morgan fingerprint density at radius 2 is 1.82 bits per heavy atom. The van der Waals surface area contributed by atoms with Crippen LogP contribution in [0.25, 0.3) is 0 Å². The van der Waals surface area contributed by atoms with Crippen molar-refractivity contribution in [2.24, 2.45) is 0 Å². The molecule has 0 aromatic carbocycles. The lowest BCUT2D eigenvalue weighted by atomic mass is 10.1. The number of anilines is 2. The standard InChI is InChI=1S/C22H33BrN6O4S/c1-21(2,3)32-19(30)26-16-15(12-23)25-18(34-7)27-17(16)28-10-11-29(14(13-28)8-9-24)20(31)33-22(4,5)6/h14H,8,10-13H2,1-7H3,(H,26,30)/t14-/m0/s1. The zero-order chi connectivity index (χ0) is 25.7. The highest BCUT2D eigenvalue weighted by Crippen LogP contribution is 2.33. The first-order chi connectivity index (χ1) is 15.8. The monoisotopic (exact) mass is 556 g/mol. The van der Waals surface area contributed by atoms with Gasteiger partial charge in [-0.1, -0.05) is 27.7 Å². The molecule has 0 bridgehead atoms. The van der Waals surface area contributed by atoms with Gasteiger partial charge in [-0.2, -0.15) is 5.26 Å². The highest BCUT2D eigenvalue weighted by atomic mass is 79.9. The Labute approximate surface area is 213 Å². The second-order valence-electron chi connectivity index (χ2n) is 9.75. The molecular weight excluding hydrogens is 524 g/mol. The average molecular weight is 558 g/mol. The van der Waals surface area contributed by atoms with Crippen molar-refractivity contribution in [3.8, 4) is 6.07 Å². The Balaban J connectivity index is 2.40. The van der Waals surface area contributed by atoms with E-state index in [9.17, 15) is 14.9 Å². The molecule has 10 nitrogen and oxygen atoms in total. The van der Waals surface area contributed by atoms with Crippen molar-refractivity contribution in [1.29, 1.82) is 5.26 Å². The van der Waals surface area contributed by atoms with E-state index in [1.807, 2.05) is 31.9 Å². The molecule has 1 aliphatic rings. The van der Waals surface area contributed by atoms with Gasteiger partial charge in [-0.15, -0.1) is 0 Å². The van der Waals surface area contributed by atoms with Crippen LogP contribution in [0.5, 0.6) is 0 Å². The molecule has 1 aromatic rings. The number of nitriles is 1. The van der Waals surface area contributed by atoms with E-state index < -0.39 is 29.4 Å². The molecule has 2 amide bonds. The third-order valence-corrected chi connectivity index (χ3v) is 5.70. The molecule has 188 valence electrons. The van der Waals surface area contributed by atoms with Crippen molar-refractivity contribution in [1.82, 2.24) is 14.9 Å². The third-order valence-electron chi connectivity index (χ3n) is 4.62. The smallest absolute Gasteiger partial charge is 0.412 e. The van der Waals surface area contributed by atoms with Crippen LogP contribution in [0.3, 0.4) is 0 Å². The Kier molecular flexibility index (Phi) is 9.42. The fourth-order valence-corrected chi connectivity index (χ4v) is 4.10. The van der Waals surface area contributed by atoms with Crippen molar-refractivity contribution in [2.75, 3.05) is 36.1 Å². The largest absolute Gasteiger partial charge is 0.444 e. The highest BCUT2D eigenvalue weighted by molar-refractivity contribution is 9.08. The molecule has 12 heteroatoms. The van der Waals surface area contributed by atoms with Crippen LogP contribution in [0.2, 0.25) is 0 Å². The number of thioether (sulfide) groups is 1. The van der Waals surface area contributed by atoms with Gasteiger partial charge < -0.3 is 19.3 Å². The van der Waals surface area contributed by atoms with Gasteiger partial charge in [-0.3, -0.25) is 5.32 Å². The second kappa shape index (κ2) is 11.4. The van der Waals surface area contributed by atoms with Crippen molar-refractivity contribution in [2.45, 2.75) is 75.7 Å². The van der Waals surface area contributed by atoms with Gasteiger partial charge in [-0.25, -0.2) is 19.6 Å². The lowest BCUT2D eigenvalue weighted by Gasteiger charge is -2.41. The predicted octanol–water partition coefficient (Wildman–Crippen LogP) is 4.78. The van der Waals surface area contributed by atoms with Crippen LogP contribution in [0.15, 0.2) is 5.16 Å². The molecule has 34 heavy (non-hydrogen) atoms. The molecule has 0 aliphatic carbocycles. The van der Waals surface area contributed by atoms with Crippen molar-refractivity contribution in [3.63, 3.8) is 0 Å². The van der Waals surface area contributed by atoms with E-state index in [4.69, 9.17) is 9.47 Å². The minimum absolute atomic E-state index is 0.135. The summed E-state index contributed by atoms with van der Waals surface area (Å²) in [7, 11) is 0. The number of ether oxygens (including phenoxy) is 2. The van der Waals surface area contributed by atoms with Crippen LogP contribution in [0.4, 0.5) is 21.1 Å². The number of carbonyl (C=O) groups is 2. The number of hydrogen-bond donors (Lipinski definition) is 1. The van der Waals surface area contributed by atoms with Gasteiger partial charge in [-0.05, 0) is 47.8 Å². The van der Waals surface area contributed by atoms with E-state index in [2.05, 4.69) is 37.3 Å². The topological polar surface area (TPSA) is 121 Å². The number of nitrogens with one attached hydrogen (secondary N) is 1. The van der Waals surface area contributed by atoms with E-state index in [-0.39, 0.29) is 6.42 Å². The summed E-state index contributed by atoms with van der Waals surface area (Å²) in [4.78, 5) is 38.1. The molecule has 0 spiro atoms. The summed E-state index contributed by atoms with van der Waals surface area (Å²) in [6.07, 6.45) is 0.943. The summed E-state index contributed by atoms with van der Waals surface area (Å²) in [5, 5.41) is 13.1. The number of carbonyl (C=O) groups excluding carboxylic acids is 2. The van der Waals surface area contributed by atoms with Crippen LogP contribution in [-0.4, -0.2) is 70.2 Å². The number of alkyl halides is 1. The summed E-state index contributed by atoms with van der Waals surface area (Å²) in [5.74, 6) is 0.520. The van der Waals surface area contributed by atoms with Gasteiger partial charge in [0.2, 0.25) is 0 Å². The first kappa shape index (κ1) is 28.0. The highest BCUT2D eigenvalue weighted by Gasteiger charge is 2.35. The van der Waals surface area contributed by atoms with Gasteiger partial charge in [0.15, 0.2) is 11.0 Å². The Morgan fingerprint density at radius 1 is 1.18 bits per heavy atom. The summed E-state index contributed by atoms with van der Waals surface area (Å²) < 4.78 is 11.0. The molecule has 2 heterocycles. The fourth-order valence-electron chi connectivity index (χ4n) is 3.31. The molecule has 1 fully saturated rings. The summed E-state index contributed by atoms with van der Waals surface area (Å²) in [5.41, 5.74) is -0.270. The summed E-state index contributed by atoms with van der Waals surface area (Å²) in [6, 6.07) is 1.76. The Morgan fingerprint density at radius 3 is 2.35 bits per heavy atom. The van der Waals surface area contributed by atoms with Crippen molar-refractivity contribution < 1.29 is 19.1 Å². The van der Waals surface area contributed by atoms with E-state index in [1.165, 1.54) is 11.8 Å². The molecule has 1 N–H and O–H groups in total. The van der Waals surface area contributed by atoms with Gasteiger partial charge >= 0.3 is 12.2 Å². The number of piperazine rings is 1. The van der Waals surface area contributed by atoms with Crippen LogP contribution in [-0.2, 0) is 14.8 Å². The van der Waals surface area contributed by atoms with Gasteiger partial charge in [0.25, 0.3) is 0 Å². The molecule has 2 rings (SSSR count). The molecule has 1 saturated heterocycles. The van der Waals surface area contributed by atoms with Crippen LogP contribution in [0, 0.1) is 11.3 Å². The van der Waals surface area contributed by atoms with Crippen molar-refractivity contribution in [3.05, 3.63) is 5.69 Å². The molecule has 0 unspecified atom stereocenters. The first-order valence-corrected chi connectivity index (χ1v) is 13.2. The number of nitrogens with zero attached hydrogens (tertiary/aromatic N) is 5. The molecule has 0 radical (unpaired) electrons. The maximum absolute atomic E-state index is 12.8. The van der Waals surface area contributed by atoms with E-state index >= 15 is 0 Å². The van der Waals surface area contributed by atoms with Crippen molar-refractivity contribution >= 4 is 51.4 Å². The number of hydrogen-bond acceptors (Lipinski definition) is 9. The van der Waals surface area contributed by atoms with Crippen LogP contribution in [0.1, 0.15) is 53.7 Å². The molecular formula is C22H33BrN6O4S. The van der Waals surface area contributed by atoms with Crippen LogP contribution >= 0.6 is 27.7 Å². The third kappa shape index (κ3) is 7.91. The zero-order valence-electron chi connectivity index (χ0n) is 20.8. The quantitative estimate of drug-likeness (QED) is 0.310. The molecule has 1 aromatic heterocycles. The number of halogens is 1. The minimum Gasteiger partial charge on any atom is -0.444 e. The predicted molar refractivity (Wildman–Crippen MR) is 135 cm³/mol. The number of aromatic nitrogens is 2. The molecule has 1 aliphatic heterocycles. The number of rotatable bonds is 5. The Bertz CT molecular complexity index is 941. The van der Waals surface area contributed by atoms with Crippen LogP contribution < -0.4 is 10.2 Å². The second-order valence-corrected chi connectivity index (χ2v) is 11.1. The summed E-state index contributed by atoms with van der Waals surface area (Å²) in [6.45, 7) is 11.9. The van der Waals surface area contributed by atoms with Gasteiger partial charge in [0.05, 0.1) is 24.2 Å². The maximum Gasteiger partial charge on any atom is 0.412 e. The lowest BCUT2D eigenvalue weighted by molar-refractivity contribution is 0.0145. The van der Waals surface area contributed by atoms with E-state index in [1.54, 1.807) is 25.7 Å². The normalized spacial score (nSPS) is 16.6. The molecule has 0 saturated carbocycles. The average Bonchev–Trinajstić information content (AvgIpc) is 2.71. The number of amides is 2. The minimum atomic E-state index is -0.671. The maximum atomic E-state index is 12.8. The summed E-state index contributed by atoms with van der Waals surface area (Å²) >= 11 is 4.84. The lowest BCUT2D eigenvalue weighted by Crippen LogP contribution is -2.56. The molecule has 1 atom stereocenters. The van der Waals surface area contributed by atoms with Gasteiger partial charge in [0, 0.05) is 25.0 Å². The zero-order valence-corrected chi connectivity index (χ0v) is 23.2. The first-order valence-electron chi connectivity index (χ1n) is 10.9. The Hall–Kier alpha value is -2.26. The fraction of sp³-hybridized carbons (Fsp3) is 0.682. The van der Waals surface area contributed by atoms with E-state index in [0.717, 1.165) is 0 Å². The SMILES string of the molecule is CSc1nc(CBr)c(NC(=O)OC(C)(C)C)c(N2CCN(C(=O)OC(C)(C)C)[C@@H](CC#N)C2)n1.